The van der Waals surface area contributed by atoms with Gasteiger partial charge in [0.1, 0.15) is 22.3 Å². The molecule has 0 aliphatic rings. The van der Waals surface area contributed by atoms with E-state index in [0.717, 1.165) is 49.4 Å². The predicted molar refractivity (Wildman–Crippen MR) is 210 cm³/mol. The van der Waals surface area contributed by atoms with Crippen molar-refractivity contribution < 1.29 is 8.83 Å². The molecule has 0 aliphatic heterocycles. The fourth-order valence-electron chi connectivity index (χ4n) is 8.21. The average molecular weight is 637 g/mol. The maximum atomic E-state index is 6.41. The third kappa shape index (κ3) is 3.96. The molecule has 11 aromatic rings. The van der Waals surface area contributed by atoms with E-state index < -0.39 is 0 Å². The van der Waals surface area contributed by atoms with Crippen LogP contribution in [0.2, 0.25) is 0 Å². The smallest absolute Gasteiger partial charge is 0.139 e. The molecule has 9 aromatic carbocycles. The summed E-state index contributed by atoms with van der Waals surface area (Å²) in [5.74, 6) is 0. The molecule has 0 unspecified atom stereocenters. The van der Waals surface area contributed by atoms with Crippen LogP contribution in [0, 0.1) is 0 Å². The molecule has 0 atom stereocenters. The summed E-state index contributed by atoms with van der Waals surface area (Å²) < 4.78 is 12.8. The first kappa shape index (κ1) is 27.3. The van der Waals surface area contributed by atoms with Gasteiger partial charge in [-0.2, -0.15) is 0 Å². The molecule has 0 radical (unpaired) electrons. The zero-order valence-electron chi connectivity index (χ0n) is 27.0. The van der Waals surface area contributed by atoms with Crippen LogP contribution in [0.3, 0.4) is 0 Å². The summed E-state index contributed by atoms with van der Waals surface area (Å²) >= 11 is 0. The molecule has 232 valence electrons. The minimum atomic E-state index is 0.832. The maximum Gasteiger partial charge on any atom is 0.139 e. The minimum Gasteiger partial charge on any atom is -0.456 e. The van der Waals surface area contributed by atoms with Gasteiger partial charge < -0.3 is 8.83 Å². The summed E-state index contributed by atoms with van der Waals surface area (Å²) in [5.41, 5.74) is 10.7. The number of rotatable bonds is 3. The van der Waals surface area contributed by atoms with Crippen molar-refractivity contribution in [3.63, 3.8) is 0 Å². The van der Waals surface area contributed by atoms with Crippen LogP contribution in [0.1, 0.15) is 0 Å². The van der Waals surface area contributed by atoms with Crippen molar-refractivity contribution in [3.05, 3.63) is 170 Å². The van der Waals surface area contributed by atoms with Crippen molar-refractivity contribution in [2.75, 3.05) is 0 Å². The van der Waals surface area contributed by atoms with Crippen molar-refractivity contribution in [1.82, 2.24) is 0 Å². The highest BCUT2D eigenvalue weighted by atomic mass is 16.3. The highest BCUT2D eigenvalue weighted by Gasteiger charge is 2.18. The van der Waals surface area contributed by atoms with Crippen LogP contribution in [0.4, 0.5) is 0 Å². The molecule has 50 heavy (non-hydrogen) atoms. The standard InChI is InChI=1S/C48H28O2/c1-2-12-30(13-3-1)46-35-17-6-8-19-37(35)47(38-20-9-7-18-36(38)46)33-15-10-14-31(25-33)32-22-23-42-39(26-32)40-27-41-45(28-44(40)49-42)50-43-24-21-29-11-4-5-16-34(29)48(41)43/h1-28H. The zero-order valence-corrected chi connectivity index (χ0v) is 27.0. The molecule has 0 fully saturated rings. The Morgan fingerprint density at radius 1 is 0.260 bits per heavy atom. The monoisotopic (exact) mass is 636 g/mol. The van der Waals surface area contributed by atoms with E-state index in [-0.39, 0.29) is 0 Å². The molecule has 2 aromatic heterocycles. The van der Waals surface area contributed by atoms with Crippen LogP contribution in [0.25, 0.3) is 110 Å². The SMILES string of the molecule is c1ccc(-c2c3ccccc3c(-c3cccc(-c4ccc5oc6cc7oc8ccc9ccccc9c8c7cc6c5c4)c3)c3ccccc23)cc1. The number of hydrogen-bond acceptors (Lipinski definition) is 2. The fraction of sp³-hybridized carbons (Fsp3) is 0. The maximum absolute atomic E-state index is 6.41. The molecule has 11 rings (SSSR count). The van der Waals surface area contributed by atoms with Crippen molar-refractivity contribution in [1.29, 1.82) is 0 Å². The lowest BCUT2D eigenvalue weighted by atomic mass is 9.85. The molecule has 2 heterocycles. The Balaban J connectivity index is 1.11. The number of furan rings is 2. The molecule has 0 amide bonds. The molecule has 0 aliphatic carbocycles. The molecule has 0 spiro atoms. The van der Waals surface area contributed by atoms with Gasteiger partial charge in [-0.1, -0.05) is 133 Å². The molecule has 2 nitrogen and oxygen atoms in total. The van der Waals surface area contributed by atoms with Gasteiger partial charge in [0.15, 0.2) is 0 Å². The van der Waals surface area contributed by atoms with Crippen LogP contribution in [0.5, 0.6) is 0 Å². The quantitative estimate of drug-likeness (QED) is 0.180. The topological polar surface area (TPSA) is 26.3 Å². The van der Waals surface area contributed by atoms with Gasteiger partial charge in [0.05, 0.1) is 0 Å². The van der Waals surface area contributed by atoms with Gasteiger partial charge in [0.25, 0.3) is 0 Å². The molecule has 0 N–H and O–H groups in total. The van der Waals surface area contributed by atoms with Crippen molar-refractivity contribution >= 4 is 76.2 Å². The number of fused-ring (bicyclic) bond motifs is 10. The predicted octanol–water partition coefficient (Wildman–Crippen LogP) is 13.9. The summed E-state index contributed by atoms with van der Waals surface area (Å²) in [4.78, 5) is 0. The Hall–Kier alpha value is -6.64. The van der Waals surface area contributed by atoms with Crippen LogP contribution >= 0.6 is 0 Å². The number of hydrogen-bond donors (Lipinski definition) is 0. The lowest BCUT2D eigenvalue weighted by molar-refractivity contribution is 0.656. The molecule has 0 bridgehead atoms. The van der Waals surface area contributed by atoms with Crippen LogP contribution in [0.15, 0.2) is 179 Å². The Labute approximate surface area is 287 Å². The lowest BCUT2D eigenvalue weighted by Gasteiger charge is -2.18. The summed E-state index contributed by atoms with van der Waals surface area (Å²) in [6.07, 6.45) is 0. The summed E-state index contributed by atoms with van der Waals surface area (Å²) in [6.45, 7) is 0. The first-order valence-electron chi connectivity index (χ1n) is 17.1. The van der Waals surface area contributed by atoms with Gasteiger partial charge in [-0.25, -0.2) is 0 Å². The zero-order chi connectivity index (χ0) is 32.8. The highest BCUT2D eigenvalue weighted by Crippen LogP contribution is 2.45. The third-order valence-corrected chi connectivity index (χ3v) is 10.4. The molecular weight excluding hydrogens is 609 g/mol. The van der Waals surface area contributed by atoms with E-state index in [9.17, 15) is 0 Å². The van der Waals surface area contributed by atoms with Crippen molar-refractivity contribution in [2.45, 2.75) is 0 Å². The Morgan fingerprint density at radius 2 is 0.800 bits per heavy atom. The lowest BCUT2D eigenvalue weighted by Crippen LogP contribution is -1.91. The average Bonchev–Trinajstić information content (AvgIpc) is 3.73. The van der Waals surface area contributed by atoms with Crippen molar-refractivity contribution in [3.8, 4) is 33.4 Å². The Bertz CT molecular complexity index is 3080. The molecule has 2 heteroatoms. The molecule has 0 saturated heterocycles. The van der Waals surface area contributed by atoms with E-state index in [4.69, 9.17) is 8.83 Å². The van der Waals surface area contributed by atoms with Crippen LogP contribution < -0.4 is 0 Å². The Morgan fingerprint density at radius 3 is 1.56 bits per heavy atom. The van der Waals surface area contributed by atoms with E-state index in [1.54, 1.807) is 0 Å². The highest BCUT2D eigenvalue weighted by molar-refractivity contribution is 6.23. The van der Waals surface area contributed by atoms with Gasteiger partial charge in [-0.05, 0) is 96.0 Å². The van der Waals surface area contributed by atoms with E-state index in [1.807, 2.05) is 0 Å². The van der Waals surface area contributed by atoms with E-state index >= 15 is 0 Å². The minimum absolute atomic E-state index is 0.832. The van der Waals surface area contributed by atoms with Gasteiger partial charge in [0, 0.05) is 27.6 Å². The van der Waals surface area contributed by atoms with E-state index in [0.29, 0.717) is 0 Å². The normalized spacial score (nSPS) is 12.0. The summed E-state index contributed by atoms with van der Waals surface area (Å²) in [6, 6.07) is 61.0. The second kappa shape index (κ2) is 10.4. The van der Waals surface area contributed by atoms with Gasteiger partial charge in [0.2, 0.25) is 0 Å². The molecule has 0 saturated carbocycles. The summed E-state index contributed by atoms with van der Waals surface area (Å²) in [7, 11) is 0. The summed E-state index contributed by atoms with van der Waals surface area (Å²) in [5, 5.41) is 11.9. The van der Waals surface area contributed by atoms with Gasteiger partial charge in [-0.3, -0.25) is 0 Å². The fourth-order valence-corrected chi connectivity index (χ4v) is 8.21. The van der Waals surface area contributed by atoms with E-state index in [2.05, 4.69) is 170 Å². The number of benzene rings is 9. The third-order valence-electron chi connectivity index (χ3n) is 10.4. The second-order valence-electron chi connectivity index (χ2n) is 13.2. The van der Waals surface area contributed by atoms with Gasteiger partial charge >= 0.3 is 0 Å². The first-order valence-corrected chi connectivity index (χ1v) is 17.1. The van der Waals surface area contributed by atoms with Crippen molar-refractivity contribution in [2.24, 2.45) is 0 Å². The Kier molecular flexibility index (Phi) is 5.70. The van der Waals surface area contributed by atoms with Crippen LogP contribution in [-0.2, 0) is 0 Å². The van der Waals surface area contributed by atoms with Crippen LogP contribution in [-0.4, -0.2) is 0 Å². The van der Waals surface area contributed by atoms with E-state index in [1.165, 1.54) is 60.1 Å². The van der Waals surface area contributed by atoms with Gasteiger partial charge in [-0.15, -0.1) is 0 Å². The second-order valence-corrected chi connectivity index (χ2v) is 13.2. The first-order chi connectivity index (χ1) is 24.8. The molecular formula is C48H28O2. The largest absolute Gasteiger partial charge is 0.456 e.